The first-order valence-electron chi connectivity index (χ1n) is 6.38. The molecule has 0 aliphatic heterocycles. The molecule has 16 heavy (non-hydrogen) atoms. The van der Waals surface area contributed by atoms with Crippen molar-refractivity contribution in [1.82, 2.24) is 0 Å². The molecule has 1 atom stereocenters. The summed E-state index contributed by atoms with van der Waals surface area (Å²) in [4.78, 5) is 12.0. The van der Waals surface area contributed by atoms with Crippen LogP contribution in [-0.2, 0) is 9.53 Å². The monoisotopic (exact) mass is 226 g/mol. The summed E-state index contributed by atoms with van der Waals surface area (Å²) in [6.45, 7) is 10.1. The van der Waals surface area contributed by atoms with E-state index in [0.29, 0.717) is 13.0 Å². The molecule has 0 aromatic carbocycles. The van der Waals surface area contributed by atoms with Gasteiger partial charge < -0.3 is 4.74 Å². The van der Waals surface area contributed by atoms with Gasteiger partial charge in [0, 0.05) is 13.0 Å². The molecular weight excluding hydrogens is 200 g/mol. The first-order valence-corrected chi connectivity index (χ1v) is 6.38. The van der Waals surface area contributed by atoms with Gasteiger partial charge in [0.1, 0.15) is 5.60 Å². The molecule has 2 heteroatoms. The molecule has 0 spiro atoms. The zero-order chi connectivity index (χ0) is 12.4. The zero-order valence-electron chi connectivity index (χ0n) is 11.1. The van der Waals surface area contributed by atoms with E-state index in [4.69, 9.17) is 4.74 Å². The summed E-state index contributed by atoms with van der Waals surface area (Å²) in [6.07, 6.45) is 7.57. The average Bonchev–Trinajstić information content (AvgIpc) is 2.28. The van der Waals surface area contributed by atoms with Crippen LogP contribution in [-0.4, -0.2) is 18.0 Å². The molecule has 0 saturated heterocycles. The molecule has 0 bridgehead atoms. The van der Waals surface area contributed by atoms with Gasteiger partial charge in [0.25, 0.3) is 0 Å². The number of carbonyl (C=O) groups excluding carboxylic acids is 1. The lowest BCUT2D eigenvalue weighted by atomic mass is 9.93. The normalized spacial score (nSPS) is 14.4. The maximum absolute atomic E-state index is 12.0. The lowest BCUT2D eigenvalue weighted by Gasteiger charge is -2.26. The second-order valence-electron chi connectivity index (χ2n) is 4.33. The molecule has 1 unspecified atom stereocenters. The summed E-state index contributed by atoms with van der Waals surface area (Å²) < 4.78 is 5.55. The lowest BCUT2D eigenvalue weighted by molar-refractivity contribution is -0.142. The smallest absolute Gasteiger partial charge is 0.164 e. The van der Waals surface area contributed by atoms with Gasteiger partial charge in [-0.15, -0.1) is 6.58 Å². The second-order valence-corrected chi connectivity index (χ2v) is 4.33. The van der Waals surface area contributed by atoms with Gasteiger partial charge in [-0.3, -0.25) is 4.79 Å². The Balaban J connectivity index is 3.88. The van der Waals surface area contributed by atoms with Gasteiger partial charge in [0.2, 0.25) is 0 Å². The Labute approximate surface area is 100 Å². The van der Waals surface area contributed by atoms with Crippen LogP contribution in [0.25, 0.3) is 0 Å². The molecular formula is C14H26O2. The minimum atomic E-state index is -0.562. The fourth-order valence-electron chi connectivity index (χ4n) is 1.71. The van der Waals surface area contributed by atoms with Gasteiger partial charge in [0.15, 0.2) is 5.78 Å². The molecule has 0 radical (unpaired) electrons. The van der Waals surface area contributed by atoms with Gasteiger partial charge in [-0.2, -0.15) is 0 Å². The molecule has 0 saturated carbocycles. The lowest BCUT2D eigenvalue weighted by Crippen LogP contribution is -2.37. The van der Waals surface area contributed by atoms with E-state index in [1.807, 2.05) is 26.8 Å². The van der Waals surface area contributed by atoms with Crippen LogP contribution in [0.15, 0.2) is 12.7 Å². The summed E-state index contributed by atoms with van der Waals surface area (Å²) in [6, 6.07) is 0. The highest BCUT2D eigenvalue weighted by molar-refractivity contribution is 5.86. The minimum Gasteiger partial charge on any atom is -0.368 e. The van der Waals surface area contributed by atoms with Crippen LogP contribution in [0.4, 0.5) is 0 Å². The van der Waals surface area contributed by atoms with Gasteiger partial charge in [-0.1, -0.05) is 19.4 Å². The van der Waals surface area contributed by atoms with Gasteiger partial charge in [0.05, 0.1) is 0 Å². The van der Waals surface area contributed by atoms with E-state index in [2.05, 4.69) is 6.58 Å². The van der Waals surface area contributed by atoms with E-state index >= 15 is 0 Å². The van der Waals surface area contributed by atoms with Crippen molar-refractivity contribution in [2.24, 2.45) is 0 Å². The van der Waals surface area contributed by atoms with Crippen molar-refractivity contribution in [3.05, 3.63) is 12.7 Å². The molecule has 0 aliphatic rings. The number of allylic oxidation sites excluding steroid dienone is 1. The summed E-state index contributed by atoms with van der Waals surface area (Å²) >= 11 is 0. The third-order valence-corrected chi connectivity index (χ3v) is 3.04. The molecule has 94 valence electrons. The summed E-state index contributed by atoms with van der Waals surface area (Å²) in [5.41, 5.74) is -0.562. The highest BCUT2D eigenvalue weighted by atomic mass is 16.5. The van der Waals surface area contributed by atoms with Crippen LogP contribution in [0, 0.1) is 0 Å². The number of rotatable bonds is 10. The van der Waals surface area contributed by atoms with Crippen molar-refractivity contribution in [2.45, 2.75) is 64.9 Å². The van der Waals surface area contributed by atoms with Crippen molar-refractivity contribution in [1.29, 1.82) is 0 Å². The molecule has 0 rings (SSSR count). The fraction of sp³-hybridized carbons (Fsp3) is 0.786. The predicted molar refractivity (Wildman–Crippen MR) is 68.6 cm³/mol. The second kappa shape index (κ2) is 8.51. The van der Waals surface area contributed by atoms with E-state index in [9.17, 15) is 4.79 Å². The van der Waals surface area contributed by atoms with Crippen LogP contribution in [0.1, 0.15) is 59.3 Å². The van der Waals surface area contributed by atoms with Crippen LogP contribution in [0.3, 0.4) is 0 Å². The Kier molecular flexibility index (Phi) is 8.18. The van der Waals surface area contributed by atoms with Crippen molar-refractivity contribution in [3.63, 3.8) is 0 Å². The van der Waals surface area contributed by atoms with Gasteiger partial charge >= 0.3 is 0 Å². The number of ketones is 1. The quantitative estimate of drug-likeness (QED) is 0.417. The van der Waals surface area contributed by atoms with E-state index in [1.165, 1.54) is 0 Å². The van der Waals surface area contributed by atoms with Crippen LogP contribution in [0.5, 0.6) is 0 Å². The highest BCUT2D eigenvalue weighted by Crippen LogP contribution is 2.20. The largest absolute Gasteiger partial charge is 0.368 e. The molecule has 2 nitrogen and oxygen atoms in total. The molecule has 0 N–H and O–H groups in total. The Bertz CT molecular complexity index is 211. The van der Waals surface area contributed by atoms with Crippen molar-refractivity contribution < 1.29 is 9.53 Å². The van der Waals surface area contributed by atoms with E-state index in [0.717, 1.165) is 32.1 Å². The number of hydrogen-bond donors (Lipinski definition) is 0. The number of hydrogen-bond acceptors (Lipinski definition) is 2. The van der Waals surface area contributed by atoms with Crippen molar-refractivity contribution in [2.75, 3.05) is 6.61 Å². The average molecular weight is 226 g/mol. The third kappa shape index (κ3) is 5.45. The van der Waals surface area contributed by atoms with Crippen LogP contribution in [0.2, 0.25) is 0 Å². The zero-order valence-corrected chi connectivity index (χ0v) is 11.1. The molecule has 0 fully saturated rings. The van der Waals surface area contributed by atoms with Gasteiger partial charge in [-0.25, -0.2) is 0 Å². The van der Waals surface area contributed by atoms with Crippen LogP contribution >= 0.6 is 0 Å². The predicted octanol–water partition coefficient (Wildman–Crippen LogP) is 3.90. The molecule has 0 aromatic rings. The molecule has 0 aliphatic carbocycles. The standard InChI is InChI=1S/C14H26O2/c1-5-8-9-10-11-12-13(15)14(4,6-2)16-7-3/h5H,1,6-12H2,2-4H3. The Hall–Kier alpha value is -0.630. The van der Waals surface area contributed by atoms with Crippen LogP contribution < -0.4 is 0 Å². The SMILES string of the molecule is C=CCCCCCC(=O)C(C)(CC)OCC. The number of unbranched alkanes of at least 4 members (excludes halogenated alkanes) is 3. The summed E-state index contributed by atoms with van der Waals surface area (Å²) in [5.74, 6) is 0.246. The first-order chi connectivity index (χ1) is 7.60. The topological polar surface area (TPSA) is 26.3 Å². The van der Waals surface area contributed by atoms with E-state index in [-0.39, 0.29) is 5.78 Å². The first kappa shape index (κ1) is 15.4. The van der Waals surface area contributed by atoms with Gasteiger partial charge in [-0.05, 0) is 39.5 Å². The number of ether oxygens (including phenoxy) is 1. The minimum absolute atomic E-state index is 0.246. The van der Waals surface area contributed by atoms with E-state index in [1.54, 1.807) is 0 Å². The Morgan fingerprint density at radius 1 is 1.31 bits per heavy atom. The summed E-state index contributed by atoms with van der Waals surface area (Å²) in [7, 11) is 0. The number of Topliss-reactive ketones (excluding diaryl/α,β-unsaturated/α-hetero) is 1. The molecule has 0 amide bonds. The van der Waals surface area contributed by atoms with Crippen molar-refractivity contribution >= 4 is 5.78 Å². The maximum atomic E-state index is 12.0. The Morgan fingerprint density at radius 2 is 2.00 bits per heavy atom. The Morgan fingerprint density at radius 3 is 2.50 bits per heavy atom. The summed E-state index contributed by atoms with van der Waals surface area (Å²) in [5, 5.41) is 0. The maximum Gasteiger partial charge on any atom is 0.164 e. The highest BCUT2D eigenvalue weighted by Gasteiger charge is 2.30. The number of carbonyl (C=O) groups is 1. The third-order valence-electron chi connectivity index (χ3n) is 3.04. The van der Waals surface area contributed by atoms with Crippen molar-refractivity contribution in [3.8, 4) is 0 Å². The fourth-order valence-corrected chi connectivity index (χ4v) is 1.71. The molecule has 0 aromatic heterocycles. The van der Waals surface area contributed by atoms with E-state index < -0.39 is 5.60 Å². The molecule has 0 heterocycles.